The molecule has 102 valence electrons. The fourth-order valence-electron chi connectivity index (χ4n) is 2.05. The molecule has 0 aliphatic rings. The van der Waals surface area contributed by atoms with Crippen LogP contribution < -0.4 is 0 Å². The molecule has 0 aliphatic heterocycles. The van der Waals surface area contributed by atoms with E-state index in [0.717, 1.165) is 5.56 Å². The molecule has 2 rings (SSSR count). The second kappa shape index (κ2) is 6.29. The predicted molar refractivity (Wildman–Crippen MR) is 80.3 cm³/mol. The monoisotopic (exact) mass is 266 g/mol. The van der Waals surface area contributed by atoms with Gasteiger partial charge in [0.1, 0.15) is 0 Å². The Bertz CT molecular complexity index is 627. The molecular weight excluding hydrogens is 248 g/mol. The fraction of sp³-hybridized carbons (Fsp3) is 0.222. The van der Waals surface area contributed by atoms with Crippen molar-refractivity contribution in [2.75, 3.05) is 0 Å². The standard InChI is InChI=1S/C18H18O2/c1-13-8-9-16(12-14(13)2)18(20)11-10-17(19)15-6-4-3-5-7-15/h3-9,12H,10-11H2,1-2H3. The lowest BCUT2D eigenvalue weighted by Gasteiger charge is -2.04. The Balaban J connectivity index is 1.98. The van der Waals surface area contributed by atoms with Crippen LogP contribution in [-0.4, -0.2) is 11.6 Å². The van der Waals surface area contributed by atoms with Crippen LogP contribution in [0.25, 0.3) is 0 Å². The van der Waals surface area contributed by atoms with E-state index in [4.69, 9.17) is 0 Å². The van der Waals surface area contributed by atoms with Gasteiger partial charge < -0.3 is 0 Å². The summed E-state index contributed by atoms with van der Waals surface area (Å²) < 4.78 is 0. The van der Waals surface area contributed by atoms with E-state index in [9.17, 15) is 9.59 Å². The maximum absolute atomic E-state index is 12.1. The zero-order valence-electron chi connectivity index (χ0n) is 11.8. The van der Waals surface area contributed by atoms with E-state index >= 15 is 0 Å². The molecule has 0 saturated heterocycles. The summed E-state index contributed by atoms with van der Waals surface area (Å²) in [7, 11) is 0. The minimum absolute atomic E-state index is 0.0165. The van der Waals surface area contributed by atoms with Gasteiger partial charge in [-0.05, 0) is 31.0 Å². The molecule has 2 nitrogen and oxygen atoms in total. The molecule has 2 heteroatoms. The first-order chi connectivity index (χ1) is 9.58. The number of hydrogen-bond donors (Lipinski definition) is 0. The number of carbonyl (C=O) groups excluding carboxylic acids is 2. The van der Waals surface area contributed by atoms with Crippen molar-refractivity contribution in [3.63, 3.8) is 0 Å². The maximum Gasteiger partial charge on any atom is 0.163 e. The third kappa shape index (κ3) is 3.41. The molecule has 0 bridgehead atoms. The van der Waals surface area contributed by atoms with E-state index in [0.29, 0.717) is 11.1 Å². The third-order valence-electron chi connectivity index (χ3n) is 3.50. The zero-order valence-corrected chi connectivity index (χ0v) is 11.8. The van der Waals surface area contributed by atoms with Crippen LogP contribution in [0.15, 0.2) is 48.5 Å². The first-order valence-corrected chi connectivity index (χ1v) is 6.76. The summed E-state index contributed by atoms with van der Waals surface area (Å²) in [6.45, 7) is 4.00. The van der Waals surface area contributed by atoms with E-state index in [1.165, 1.54) is 5.56 Å². The van der Waals surface area contributed by atoms with Crippen molar-refractivity contribution in [3.8, 4) is 0 Å². The SMILES string of the molecule is Cc1ccc(C(=O)CCC(=O)c2ccccc2)cc1C. The van der Waals surface area contributed by atoms with Crippen LogP contribution >= 0.6 is 0 Å². The largest absolute Gasteiger partial charge is 0.294 e. The fourth-order valence-corrected chi connectivity index (χ4v) is 2.05. The van der Waals surface area contributed by atoms with E-state index in [-0.39, 0.29) is 24.4 Å². The van der Waals surface area contributed by atoms with Crippen molar-refractivity contribution in [2.24, 2.45) is 0 Å². The summed E-state index contributed by atoms with van der Waals surface area (Å²) >= 11 is 0. The van der Waals surface area contributed by atoms with Crippen molar-refractivity contribution < 1.29 is 9.59 Å². The van der Waals surface area contributed by atoms with Crippen molar-refractivity contribution in [1.82, 2.24) is 0 Å². The van der Waals surface area contributed by atoms with E-state index in [2.05, 4.69) is 0 Å². The molecule has 2 aromatic carbocycles. The molecule has 0 saturated carbocycles. The van der Waals surface area contributed by atoms with Crippen LogP contribution in [0.3, 0.4) is 0 Å². The summed E-state index contributed by atoms with van der Waals surface area (Å²) in [4.78, 5) is 24.0. The molecule has 0 N–H and O–H groups in total. The van der Waals surface area contributed by atoms with Crippen LogP contribution in [0, 0.1) is 13.8 Å². The summed E-state index contributed by atoms with van der Waals surface area (Å²) in [5.41, 5.74) is 3.63. The average molecular weight is 266 g/mol. The van der Waals surface area contributed by atoms with Gasteiger partial charge in [0, 0.05) is 24.0 Å². The normalized spacial score (nSPS) is 10.3. The molecule has 0 fully saturated rings. The van der Waals surface area contributed by atoms with E-state index in [1.807, 2.05) is 50.2 Å². The molecule has 20 heavy (non-hydrogen) atoms. The first kappa shape index (κ1) is 14.2. The van der Waals surface area contributed by atoms with Gasteiger partial charge in [0.25, 0.3) is 0 Å². The van der Waals surface area contributed by atoms with E-state index < -0.39 is 0 Å². The average Bonchev–Trinajstić information content (AvgIpc) is 2.48. The van der Waals surface area contributed by atoms with Gasteiger partial charge in [0.2, 0.25) is 0 Å². The summed E-state index contributed by atoms with van der Waals surface area (Å²) in [5, 5.41) is 0. The van der Waals surface area contributed by atoms with Crippen molar-refractivity contribution in [3.05, 3.63) is 70.8 Å². The first-order valence-electron chi connectivity index (χ1n) is 6.76. The van der Waals surface area contributed by atoms with Crippen LogP contribution in [0.1, 0.15) is 44.7 Å². The van der Waals surface area contributed by atoms with E-state index in [1.54, 1.807) is 12.1 Å². The predicted octanol–water partition coefficient (Wildman–Crippen LogP) is 4.15. The second-order valence-electron chi connectivity index (χ2n) is 5.01. The number of benzene rings is 2. The number of Topliss-reactive ketones (excluding diaryl/α,β-unsaturated/α-hetero) is 2. The minimum Gasteiger partial charge on any atom is -0.294 e. The maximum atomic E-state index is 12.1. The Morgan fingerprint density at radius 3 is 1.95 bits per heavy atom. The highest BCUT2D eigenvalue weighted by Crippen LogP contribution is 2.13. The smallest absolute Gasteiger partial charge is 0.163 e. The molecule has 0 spiro atoms. The number of carbonyl (C=O) groups is 2. The number of hydrogen-bond acceptors (Lipinski definition) is 2. The molecule has 0 atom stereocenters. The number of rotatable bonds is 5. The summed E-state index contributed by atoms with van der Waals surface area (Å²) in [6.07, 6.45) is 0.520. The van der Waals surface area contributed by atoms with Gasteiger partial charge >= 0.3 is 0 Å². The molecule has 0 amide bonds. The quantitative estimate of drug-likeness (QED) is 0.762. The van der Waals surface area contributed by atoms with Gasteiger partial charge in [-0.3, -0.25) is 9.59 Å². The Kier molecular flexibility index (Phi) is 4.46. The van der Waals surface area contributed by atoms with Crippen LogP contribution in [0.2, 0.25) is 0 Å². The molecule has 0 radical (unpaired) electrons. The lowest BCUT2D eigenvalue weighted by molar-refractivity contribution is 0.0917. The zero-order chi connectivity index (χ0) is 14.5. The Labute approximate surface area is 119 Å². The minimum atomic E-state index is 0.0165. The Hall–Kier alpha value is -2.22. The number of aryl methyl sites for hydroxylation is 2. The Morgan fingerprint density at radius 2 is 1.35 bits per heavy atom. The summed E-state index contributed by atoms with van der Waals surface area (Å²) in [6, 6.07) is 14.8. The van der Waals surface area contributed by atoms with Crippen molar-refractivity contribution in [2.45, 2.75) is 26.7 Å². The van der Waals surface area contributed by atoms with Gasteiger partial charge in [-0.25, -0.2) is 0 Å². The van der Waals surface area contributed by atoms with Gasteiger partial charge in [0.15, 0.2) is 11.6 Å². The van der Waals surface area contributed by atoms with Crippen LogP contribution in [0.4, 0.5) is 0 Å². The molecule has 0 aromatic heterocycles. The molecule has 0 aliphatic carbocycles. The highest BCUT2D eigenvalue weighted by Gasteiger charge is 2.11. The lowest BCUT2D eigenvalue weighted by Crippen LogP contribution is -2.05. The lowest BCUT2D eigenvalue weighted by atomic mass is 9.99. The molecule has 2 aromatic rings. The van der Waals surface area contributed by atoms with Gasteiger partial charge in [-0.15, -0.1) is 0 Å². The van der Waals surface area contributed by atoms with Crippen LogP contribution in [0.5, 0.6) is 0 Å². The van der Waals surface area contributed by atoms with Crippen LogP contribution in [-0.2, 0) is 0 Å². The molecular formula is C18H18O2. The van der Waals surface area contributed by atoms with Gasteiger partial charge in [-0.2, -0.15) is 0 Å². The topological polar surface area (TPSA) is 34.1 Å². The van der Waals surface area contributed by atoms with Crippen molar-refractivity contribution in [1.29, 1.82) is 0 Å². The second-order valence-corrected chi connectivity index (χ2v) is 5.01. The van der Waals surface area contributed by atoms with Crippen molar-refractivity contribution >= 4 is 11.6 Å². The number of ketones is 2. The Morgan fingerprint density at radius 1 is 0.750 bits per heavy atom. The highest BCUT2D eigenvalue weighted by atomic mass is 16.1. The highest BCUT2D eigenvalue weighted by molar-refractivity contribution is 6.02. The molecule has 0 heterocycles. The van der Waals surface area contributed by atoms with Gasteiger partial charge in [-0.1, -0.05) is 42.5 Å². The molecule has 0 unspecified atom stereocenters. The summed E-state index contributed by atoms with van der Waals surface area (Å²) in [5.74, 6) is 0.0418. The third-order valence-corrected chi connectivity index (χ3v) is 3.50. The van der Waals surface area contributed by atoms with Gasteiger partial charge in [0.05, 0.1) is 0 Å².